The number of likely N-dealkylation sites (tertiary alicyclic amines) is 1. The van der Waals surface area contributed by atoms with Crippen LogP contribution in [0.25, 0.3) is 0 Å². The summed E-state index contributed by atoms with van der Waals surface area (Å²) in [5, 5.41) is 3.59. The van der Waals surface area contributed by atoms with E-state index in [1.165, 1.54) is 6.42 Å². The molecule has 1 N–H and O–H groups in total. The Hall–Kier alpha value is -1.38. The highest BCUT2D eigenvalue weighted by Gasteiger charge is 2.41. The average molecular weight is 427 g/mol. The molecule has 1 aliphatic carbocycles. The first-order chi connectivity index (χ1) is 13.4. The number of hydrogen-bond acceptors (Lipinski definition) is 5. The number of carbonyl (C=O) groups is 1. The number of amides is 1. The molecule has 7 nitrogen and oxygen atoms in total. The summed E-state index contributed by atoms with van der Waals surface area (Å²) in [4.78, 5) is 18.8. The molecule has 1 aromatic heterocycles. The fourth-order valence-electron chi connectivity index (χ4n) is 3.97. The van der Waals surface area contributed by atoms with Gasteiger partial charge in [-0.15, -0.1) is 0 Å². The van der Waals surface area contributed by atoms with Gasteiger partial charge in [-0.1, -0.05) is 11.6 Å². The molecule has 28 heavy (non-hydrogen) atoms. The predicted octanol–water partition coefficient (Wildman–Crippen LogP) is 2.73. The molecule has 0 bridgehead atoms. The minimum Gasteiger partial charge on any atom is -0.366 e. The Morgan fingerprint density at radius 3 is 2.36 bits per heavy atom. The molecule has 0 radical (unpaired) electrons. The Morgan fingerprint density at radius 1 is 1.07 bits per heavy atom. The Kier molecular flexibility index (Phi) is 5.81. The molecule has 2 aliphatic heterocycles. The second-order valence-electron chi connectivity index (χ2n) is 7.97. The molecule has 4 rings (SSSR count). The number of nitrogens with zero attached hydrogens (tertiary/aromatic N) is 3. The van der Waals surface area contributed by atoms with Gasteiger partial charge in [-0.2, -0.15) is 0 Å². The second kappa shape index (κ2) is 8.16. The van der Waals surface area contributed by atoms with Crippen molar-refractivity contribution in [3.05, 3.63) is 22.8 Å². The number of aromatic nitrogens is 1. The predicted molar refractivity (Wildman–Crippen MR) is 109 cm³/mol. The number of hydrogen-bond donors (Lipinski definition) is 1. The second-order valence-corrected chi connectivity index (χ2v) is 10.6. The van der Waals surface area contributed by atoms with Gasteiger partial charge < -0.3 is 10.2 Å². The van der Waals surface area contributed by atoms with Crippen molar-refractivity contribution in [2.75, 3.05) is 31.5 Å². The van der Waals surface area contributed by atoms with Crippen molar-refractivity contribution >= 4 is 33.3 Å². The maximum absolute atomic E-state index is 12.6. The molecular formula is C19H27ClN4O3S. The largest absolute Gasteiger partial charge is 0.366 e. The van der Waals surface area contributed by atoms with Crippen molar-refractivity contribution in [2.24, 2.45) is 0 Å². The topological polar surface area (TPSA) is 82.6 Å². The van der Waals surface area contributed by atoms with Crippen molar-refractivity contribution in [3.63, 3.8) is 0 Å². The molecule has 0 atom stereocenters. The molecule has 1 amide bonds. The summed E-state index contributed by atoms with van der Waals surface area (Å²) >= 11 is 6.38. The number of piperidine rings is 2. The van der Waals surface area contributed by atoms with Crippen LogP contribution in [-0.2, 0) is 10.0 Å². The van der Waals surface area contributed by atoms with E-state index in [2.05, 4.69) is 10.3 Å². The number of pyridine rings is 1. The van der Waals surface area contributed by atoms with Crippen LogP contribution in [0.1, 0.15) is 55.3 Å². The van der Waals surface area contributed by atoms with E-state index in [-0.39, 0.29) is 17.2 Å². The highest BCUT2D eigenvalue weighted by molar-refractivity contribution is 7.90. The van der Waals surface area contributed by atoms with E-state index in [4.69, 9.17) is 11.6 Å². The van der Waals surface area contributed by atoms with Crippen LogP contribution in [0, 0.1) is 0 Å². The molecule has 0 spiro atoms. The maximum Gasteiger partial charge on any atom is 0.255 e. The van der Waals surface area contributed by atoms with Gasteiger partial charge in [-0.05, 0) is 51.0 Å². The quantitative estimate of drug-likeness (QED) is 0.782. The number of halogens is 1. The number of rotatable bonds is 5. The van der Waals surface area contributed by atoms with Gasteiger partial charge in [0.15, 0.2) is 0 Å². The van der Waals surface area contributed by atoms with Gasteiger partial charge in [0.25, 0.3) is 5.91 Å². The minimum atomic E-state index is -3.10. The van der Waals surface area contributed by atoms with E-state index in [9.17, 15) is 13.2 Å². The number of sulfonamides is 1. The third-order valence-corrected chi connectivity index (χ3v) is 8.52. The first kappa shape index (κ1) is 19.9. The van der Waals surface area contributed by atoms with Gasteiger partial charge in [-0.25, -0.2) is 17.7 Å². The number of nitrogens with one attached hydrogen (secondary N) is 1. The fraction of sp³-hybridized carbons (Fsp3) is 0.684. The Labute approximate surface area is 171 Å². The number of carbonyl (C=O) groups excluding carboxylic acids is 1. The van der Waals surface area contributed by atoms with Crippen LogP contribution < -0.4 is 5.32 Å². The summed E-state index contributed by atoms with van der Waals surface area (Å²) in [6, 6.07) is 1.81. The standard InChI is InChI=1S/C19H27ClN4O3S/c20-17-12-14(19(25)23-8-2-1-3-9-23)13-21-18(17)22-15-6-10-24(11-7-15)28(26,27)16-4-5-16/h12-13,15-16H,1-11H2,(H,21,22). The Bertz CT molecular complexity index is 830. The first-order valence-corrected chi connectivity index (χ1v) is 12.0. The smallest absolute Gasteiger partial charge is 0.255 e. The van der Waals surface area contributed by atoms with E-state index in [1.54, 1.807) is 16.6 Å². The molecule has 1 aromatic rings. The minimum absolute atomic E-state index is 0.0146. The van der Waals surface area contributed by atoms with E-state index < -0.39 is 10.0 Å². The van der Waals surface area contributed by atoms with Crippen LogP contribution >= 0.6 is 11.6 Å². The normalized spacial score (nSPS) is 22.2. The molecule has 1 saturated carbocycles. The fourth-order valence-corrected chi connectivity index (χ4v) is 6.06. The molecule has 154 valence electrons. The van der Waals surface area contributed by atoms with E-state index in [1.807, 2.05) is 4.90 Å². The summed E-state index contributed by atoms with van der Waals surface area (Å²) < 4.78 is 26.3. The molecule has 3 fully saturated rings. The van der Waals surface area contributed by atoms with Crippen molar-refractivity contribution in [1.82, 2.24) is 14.2 Å². The summed E-state index contributed by atoms with van der Waals surface area (Å²) in [7, 11) is -3.10. The summed E-state index contributed by atoms with van der Waals surface area (Å²) in [6.45, 7) is 2.64. The lowest BCUT2D eigenvalue weighted by molar-refractivity contribution is 0.0724. The first-order valence-electron chi connectivity index (χ1n) is 10.2. The maximum atomic E-state index is 12.6. The van der Waals surface area contributed by atoms with Crippen molar-refractivity contribution in [3.8, 4) is 0 Å². The average Bonchev–Trinajstić information content (AvgIpc) is 3.56. The van der Waals surface area contributed by atoms with Gasteiger partial charge in [0.2, 0.25) is 10.0 Å². The number of anilines is 1. The van der Waals surface area contributed by atoms with Crippen LogP contribution in [0.15, 0.2) is 12.3 Å². The molecular weight excluding hydrogens is 400 g/mol. The molecule has 9 heteroatoms. The third kappa shape index (κ3) is 4.28. The van der Waals surface area contributed by atoms with Crippen LogP contribution in [0.4, 0.5) is 5.82 Å². The lowest BCUT2D eigenvalue weighted by Gasteiger charge is -2.32. The lowest BCUT2D eigenvalue weighted by Crippen LogP contribution is -2.43. The van der Waals surface area contributed by atoms with E-state index in [0.29, 0.717) is 29.5 Å². The van der Waals surface area contributed by atoms with Gasteiger partial charge >= 0.3 is 0 Å². The molecule has 3 heterocycles. The van der Waals surface area contributed by atoms with Gasteiger partial charge in [-0.3, -0.25) is 4.79 Å². The van der Waals surface area contributed by atoms with Crippen LogP contribution in [-0.4, -0.2) is 66.0 Å². The summed E-state index contributed by atoms with van der Waals surface area (Å²) in [6.07, 6.45) is 7.87. The van der Waals surface area contributed by atoms with Crippen molar-refractivity contribution < 1.29 is 13.2 Å². The van der Waals surface area contributed by atoms with Crippen LogP contribution in [0.5, 0.6) is 0 Å². The van der Waals surface area contributed by atoms with Crippen LogP contribution in [0.3, 0.4) is 0 Å². The SMILES string of the molecule is O=C(c1cnc(NC2CCN(S(=O)(=O)C3CC3)CC2)c(Cl)c1)N1CCCCC1. The highest BCUT2D eigenvalue weighted by Crippen LogP contribution is 2.33. The summed E-state index contributed by atoms with van der Waals surface area (Å²) in [5.74, 6) is 0.541. The zero-order valence-electron chi connectivity index (χ0n) is 15.9. The third-order valence-electron chi connectivity index (χ3n) is 5.83. The van der Waals surface area contributed by atoms with Gasteiger partial charge in [0.05, 0.1) is 15.8 Å². The zero-order chi connectivity index (χ0) is 19.7. The van der Waals surface area contributed by atoms with Crippen molar-refractivity contribution in [2.45, 2.75) is 56.2 Å². The molecule has 0 unspecified atom stereocenters. The highest BCUT2D eigenvalue weighted by atomic mass is 35.5. The molecule has 2 saturated heterocycles. The molecule has 0 aromatic carbocycles. The Morgan fingerprint density at radius 2 is 1.75 bits per heavy atom. The zero-order valence-corrected chi connectivity index (χ0v) is 17.5. The van der Waals surface area contributed by atoms with Crippen molar-refractivity contribution in [1.29, 1.82) is 0 Å². The van der Waals surface area contributed by atoms with Crippen LogP contribution in [0.2, 0.25) is 5.02 Å². The monoisotopic (exact) mass is 426 g/mol. The van der Waals surface area contributed by atoms with E-state index in [0.717, 1.165) is 51.6 Å². The van der Waals surface area contributed by atoms with E-state index >= 15 is 0 Å². The Balaban J connectivity index is 1.34. The van der Waals surface area contributed by atoms with Gasteiger partial charge in [0, 0.05) is 38.4 Å². The molecule has 3 aliphatic rings. The lowest BCUT2D eigenvalue weighted by atomic mass is 10.1. The summed E-state index contributed by atoms with van der Waals surface area (Å²) in [5.41, 5.74) is 0.516. The van der Waals surface area contributed by atoms with Gasteiger partial charge in [0.1, 0.15) is 5.82 Å².